The molecule has 9 nitrogen and oxygen atoms in total. The number of amides is 2. The maximum absolute atomic E-state index is 13.3. The molecular weight excluding hydrogens is 462 g/mol. The summed E-state index contributed by atoms with van der Waals surface area (Å²) in [5, 5.41) is 15.4. The first kappa shape index (κ1) is 26.9. The van der Waals surface area contributed by atoms with Crippen LogP contribution in [0.15, 0.2) is 54.6 Å². The molecule has 0 aliphatic carbocycles. The van der Waals surface area contributed by atoms with Crippen molar-refractivity contribution in [1.29, 1.82) is 0 Å². The summed E-state index contributed by atoms with van der Waals surface area (Å²) in [6.07, 6.45) is 2.67. The van der Waals surface area contributed by atoms with Crippen molar-refractivity contribution in [2.75, 3.05) is 24.6 Å². The number of hydrogen-bond donors (Lipinski definition) is 3. The number of fused-ring (bicyclic) bond motifs is 1. The molecule has 1 heterocycles. The van der Waals surface area contributed by atoms with Crippen LogP contribution in [0.3, 0.4) is 0 Å². The Bertz CT molecular complexity index is 1060. The largest absolute Gasteiger partial charge is 0.480 e. The molecule has 2 aromatic rings. The van der Waals surface area contributed by atoms with E-state index < -0.39 is 30.6 Å². The van der Waals surface area contributed by atoms with Gasteiger partial charge in [-0.15, -0.1) is 0 Å². The summed E-state index contributed by atoms with van der Waals surface area (Å²) >= 11 is 0. The van der Waals surface area contributed by atoms with E-state index in [1.165, 1.54) is 4.90 Å². The molecule has 36 heavy (non-hydrogen) atoms. The summed E-state index contributed by atoms with van der Waals surface area (Å²) < 4.78 is 5.23. The molecule has 1 aliphatic heterocycles. The minimum atomic E-state index is -1.11. The quantitative estimate of drug-likeness (QED) is 0.305. The maximum Gasteiger partial charge on any atom is 0.323 e. The van der Waals surface area contributed by atoms with E-state index in [0.717, 1.165) is 5.56 Å². The third kappa shape index (κ3) is 7.39. The molecule has 2 aromatic carbocycles. The van der Waals surface area contributed by atoms with Crippen molar-refractivity contribution in [3.63, 3.8) is 0 Å². The molecule has 0 radical (unpaired) electrons. The Morgan fingerprint density at radius 1 is 1.08 bits per heavy atom. The van der Waals surface area contributed by atoms with Gasteiger partial charge in [0.2, 0.25) is 5.91 Å². The van der Waals surface area contributed by atoms with Crippen LogP contribution < -0.4 is 15.5 Å². The zero-order valence-corrected chi connectivity index (χ0v) is 20.4. The number of aryl methyl sites for hydroxylation is 1. The van der Waals surface area contributed by atoms with Gasteiger partial charge >= 0.3 is 11.9 Å². The second-order valence-corrected chi connectivity index (χ2v) is 8.63. The van der Waals surface area contributed by atoms with Gasteiger partial charge in [-0.3, -0.25) is 29.4 Å². The van der Waals surface area contributed by atoms with Gasteiger partial charge in [0.15, 0.2) is 0 Å². The number of carbonyl (C=O) groups excluding carboxylic acids is 3. The van der Waals surface area contributed by atoms with Gasteiger partial charge in [-0.05, 0) is 62.8 Å². The fourth-order valence-electron chi connectivity index (χ4n) is 4.29. The third-order valence-electron chi connectivity index (χ3n) is 6.06. The zero-order valence-electron chi connectivity index (χ0n) is 20.4. The minimum Gasteiger partial charge on any atom is -0.480 e. The molecule has 3 N–H and O–H groups in total. The van der Waals surface area contributed by atoms with Gasteiger partial charge in [0.1, 0.15) is 12.6 Å². The number of para-hydroxylation sites is 1. The van der Waals surface area contributed by atoms with Gasteiger partial charge in [0, 0.05) is 17.8 Å². The summed E-state index contributed by atoms with van der Waals surface area (Å²) in [4.78, 5) is 51.0. The van der Waals surface area contributed by atoms with E-state index in [1.807, 2.05) is 18.2 Å². The molecule has 3 rings (SSSR count). The number of anilines is 1. The number of nitrogens with one attached hydrogen (secondary N) is 2. The van der Waals surface area contributed by atoms with Crippen LogP contribution in [0.1, 0.15) is 48.5 Å². The van der Waals surface area contributed by atoms with E-state index in [2.05, 4.69) is 10.6 Å². The van der Waals surface area contributed by atoms with Crippen LogP contribution in [-0.2, 0) is 25.5 Å². The summed E-state index contributed by atoms with van der Waals surface area (Å²) in [6.45, 7) is 1.92. The number of carboxylic acid groups (broad SMARTS) is 1. The maximum atomic E-state index is 13.3. The van der Waals surface area contributed by atoms with Gasteiger partial charge in [0.25, 0.3) is 5.91 Å². The summed E-state index contributed by atoms with van der Waals surface area (Å²) in [6, 6.07) is 14.7. The van der Waals surface area contributed by atoms with Crippen molar-refractivity contribution in [3.05, 3.63) is 65.7 Å². The Hall–Kier alpha value is -3.72. The van der Waals surface area contributed by atoms with Crippen molar-refractivity contribution in [1.82, 2.24) is 10.6 Å². The number of hydrogen-bond acceptors (Lipinski definition) is 6. The van der Waals surface area contributed by atoms with E-state index in [1.54, 1.807) is 43.3 Å². The molecule has 9 heteroatoms. The Morgan fingerprint density at radius 3 is 2.53 bits per heavy atom. The second kappa shape index (κ2) is 13.4. The van der Waals surface area contributed by atoms with E-state index in [0.29, 0.717) is 49.9 Å². The molecular formula is C27H33N3O6. The highest BCUT2D eigenvalue weighted by Gasteiger charge is 2.34. The number of unbranched alkanes of at least 4 members (excludes halogenated alkanes) is 1. The smallest absolute Gasteiger partial charge is 0.323 e. The minimum absolute atomic E-state index is 0.155. The predicted octanol–water partition coefficient (Wildman–Crippen LogP) is 2.54. The van der Waals surface area contributed by atoms with Crippen molar-refractivity contribution in [2.24, 2.45) is 0 Å². The summed E-state index contributed by atoms with van der Waals surface area (Å²) in [7, 11) is 0. The molecule has 0 saturated carbocycles. The van der Waals surface area contributed by atoms with Gasteiger partial charge < -0.3 is 15.2 Å². The third-order valence-corrected chi connectivity index (χ3v) is 6.06. The van der Waals surface area contributed by atoms with Crippen molar-refractivity contribution in [3.8, 4) is 0 Å². The average Bonchev–Trinajstić information content (AvgIpc) is 3.00. The first-order valence-electron chi connectivity index (χ1n) is 12.3. The number of rotatable bonds is 12. The number of aliphatic carboxylic acids is 1. The monoisotopic (exact) mass is 495 g/mol. The van der Waals surface area contributed by atoms with E-state index >= 15 is 0 Å². The van der Waals surface area contributed by atoms with Gasteiger partial charge in [-0.2, -0.15) is 0 Å². The lowest BCUT2D eigenvalue weighted by Crippen LogP contribution is -2.53. The molecule has 192 valence electrons. The average molecular weight is 496 g/mol. The standard InChI is InChI=1S/C27H33N3O6/c1-2-36-27(35)22(13-8-9-17-28-25(33)20-11-4-3-5-12-20)29-21-16-15-19-10-6-7-14-23(19)30(26(21)34)18-24(31)32/h3-7,10-12,14,21-22,29H,2,8-9,13,15-18H2,1H3,(H,28,33)(H,31,32)/t21-,22-/m0/s1. The Balaban J connectivity index is 1.61. The zero-order chi connectivity index (χ0) is 25.9. The molecule has 0 fully saturated rings. The Kier molecular flexibility index (Phi) is 10.00. The number of esters is 1. The molecule has 0 saturated heterocycles. The first-order valence-corrected chi connectivity index (χ1v) is 12.3. The van der Waals surface area contributed by atoms with Gasteiger partial charge in [-0.25, -0.2) is 0 Å². The van der Waals surface area contributed by atoms with Crippen LogP contribution >= 0.6 is 0 Å². The molecule has 0 spiro atoms. The van der Waals surface area contributed by atoms with Crippen LogP contribution in [0.25, 0.3) is 0 Å². The topological polar surface area (TPSA) is 125 Å². The van der Waals surface area contributed by atoms with Crippen LogP contribution in [0.2, 0.25) is 0 Å². The first-order chi connectivity index (χ1) is 17.4. The number of carboxylic acids is 1. The lowest BCUT2D eigenvalue weighted by atomic mass is 10.0. The lowest BCUT2D eigenvalue weighted by molar-refractivity contribution is -0.146. The normalized spacial score (nSPS) is 16.0. The fraction of sp³-hybridized carbons (Fsp3) is 0.407. The molecule has 2 amide bonds. The SMILES string of the molecule is CCOC(=O)[C@H](CCCCNC(=O)c1ccccc1)N[C@H]1CCc2ccccc2N(CC(=O)O)C1=O. The number of benzene rings is 2. The molecule has 0 aromatic heterocycles. The van der Waals surface area contributed by atoms with Crippen molar-refractivity contribution >= 4 is 29.4 Å². The molecule has 2 atom stereocenters. The number of ether oxygens (including phenoxy) is 1. The van der Waals surface area contributed by atoms with Gasteiger partial charge in [-0.1, -0.05) is 36.4 Å². The van der Waals surface area contributed by atoms with E-state index in [9.17, 15) is 24.3 Å². The highest BCUT2D eigenvalue weighted by Crippen LogP contribution is 2.27. The molecule has 0 unspecified atom stereocenters. The van der Waals surface area contributed by atoms with Crippen LogP contribution in [-0.4, -0.2) is 60.6 Å². The van der Waals surface area contributed by atoms with Crippen molar-refractivity contribution in [2.45, 2.75) is 51.1 Å². The predicted molar refractivity (Wildman–Crippen MR) is 135 cm³/mol. The second-order valence-electron chi connectivity index (χ2n) is 8.63. The summed E-state index contributed by atoms with van der Waals surface area (Å²) in [5.74, 6) is -2.10. The van der Waals surface area contributed by atoms with Crippen LogP contribution in [0.5, 0.6) is 0 Å². The van der Waals surface area contributed by atoms with E-state index in [4.69, 9.17) is 4.74 Å². The summed E-state index contributed by atoms with van der Waals surface area (Å²) in [5.41, 5.74) is 2.05. The highest BCUT2D eigenvalue weighted by atomic mass is 16.5. The molecule has 1 aliphatic rings. The van der Waals surface area contributed by atoms with Gasteiger partial charge in [0.05, 0.1) is 12.6 Å². The Labute approximate surface area is 210 Å². The Morgan fingerprint density at radius 2 is 1.81 bits per heavy atom. The highest BCUT2D eigenvalue weighted by molar-refractivity contribution is 6.02. The number of carbonyl (C=O) groups is 4. The lowest BCUT2D eigenvalue weighted by Gasteiger charge is -2.27. The number of nitrogens with zero attached hydrogens (tertiary/aromatic N) is 1. The van der Waals surface area contributed by atoms with Crippen LogP contribution in [0.4, 0.5) is 5.69 Å². The fourth-order valence-corrected chi connectivity index (χ4v) is 4.29. The van der Waals surface area contributed by atoms with Crippen molar-refractivity contribution < 1.29 is 29.0 Å². The van der Waals surface area contributed by atoms with E-state index in [-0.39, 0.29) is 18.4 Å². The molecule has 0 bridgehead atoms. The van der Waals surface area contributed by atoms with Crippen LogP contribution in [0, 0.1) is 0 Å².